The van der Waals surface area contributed by atoms with Crippen LogP contribution in [0.15, 0.2) is 42.6 Å². The molecule has 3 heterocycles. The van der Waals surface area contributed by atoms with Gasteiger partial charge in [0.2, 0.25) is 17.8 Å². The minimum Gasteiger partial charge on any atom is -0.508 e. The van der Waals surface area contributed by atoms with Gasteiger partial charge in [0, 0.05) is 37.5 Å². The van der Waals surface area contributed by atoms with Gasteiger partial charge >= 0.3 is 0 Å². The van der Waals surface area contributed by atoms with E-state index in [2.05, 4.69) is 16.4 Å². The van der Waals surface area contributed by atoms with E-state index in [1.54, 1.807) is 24.1 Å². The molecule has 0 spiro atoms. The molecule has 2 aromatic carbocycles. The van der Waals surface area contributed by atoms with Crippen molar-refractivity contribution in [2.75, 3.05) is 16.8 Å². The van der Waals surface area contributed by atoms with Crippen LogP contribution in [0.1, 0.15) is 61.1 Å². The molecule has 0 saturated carbocycles. The number of nitrogens with zero attached hydrogens (tertiary/aromatic N) is 4. The molecule has 0 radical (unpaired) electrons. The summed E-state index contributed by atoms with van der Waals surface area (Å²) in [6, 6.07) is 11.5. The number of fused-ring (bicyclic) bond motifs is 3. The van der Waals surface area contributed by atoms with Crippen molar-refractivity contribution < 1.29 is 14.7 Å². The Balaban J connectivity index is 1.32. The van der Waals surface area contributed by atoms with Crippen LogP contribution in [0.3, 0.4) is 0 Å². The smallest absolute Gasteiger partial charge is 0.239 e. The number of benzene rings is 2. The van der Waals surface area contributed by atoms with Gasteiger partial charge in [-0.2, -0.15) is 4.98 Å². The van der Waals surface area contributed by atoms with Gasteiger partial charge in [0.25, 0.3) is 0 Å². The average molecular weight is 484 g/mol. The van der Waals surface area contributed by atoms with Crippen molar-refractivity contribution in [2.45, 2.75) is 58.0 Å². The van der Waals surface area contributed by atoms with Crippen LogP contribution >= 0.6 is 0 Å². The lowest BCUT2D eigenvalue weighted by Gasteiger charge is -2.28. The molecule has 0 saturated heterocycles. The number of rotatable bonds is 3. The van der Waals surface area contributed by atoms with Crippen LogP contribution in [0.4, 0.5) is 17.5 Å². The molecule has 3 aliphatic rings. The van der Waals surface area contributed by atoms with Gasteiger partial charge in [0.05, 0.1) is 11.5 Å². The number of aromatic nitrogens is 2. The molecular formula is C28H29N5O3. The summed E-state index contributed by atoms with van der Waals surface area (Å²) in [6.07, 6.45) is 4.02. The number of hydrogen-bond acceptors (Lipinski definition) is 6. The van der Waals surface area contributed by atoms with E-state index in [0.29, 0.717) is 24.9 Å². The summed E-state index contributed by atoms with van der Waals surface area (Å²) < 4.78 is 0. The molecule has 184 valence electrons. The third-order valence-electron chi connectivity index (χ3n) is 7.87. The molecule has 8 nitrogen and oxygen atoms in total. The fraction of sp³-hybridized carbons (Fsp3) is 0.357. The van der Waals surface area contributed by atoms with Crippen molar-refractivity contribution in [2.24, 2.45) is 0 Å². The fourth-order valence-corrected chi connectivity index (χ4v) is 5.77. The Morgan fingerprint density at radius 2 is 2.00 bits per heavy atom. The maximum Gasteiger partial charge on any atom is 0.239 e. The van der Waals surface area contributed by atoms with Crippen LogP contribution < -0.4 is 10.2 Å². The van der Waals surface area contributed by atoms with Gasteiger partial charge in [-0.15, -0.1) is 0 Å². The Kier molecular flexibility index (Phi) is 5.03. The lowest BCUT2D eigenvalue weighted by molar-refractivity contribution is -0.129. The molecule has 3 aromatic rings. The molecule has 2 aliphatic heterocycles. The number of hydrogen-bond donors (Lipinski definition) is 2. The van der Waals surface area contributed by atoms with Crippen LogP contribution in [0, 0.1) is 0 Å². The third-order valence-corrected chi connectivity index (χ3v) is 7.87. The zero-order chi connectivity index (χ0) is 25.2. The summed E-state index contributed by atoms with van der Waals surface area (Å²) in [5, 5.41) is 13.7. The van der Waals surface area contributed by atoms with E-state index in [9.17, 15) is 14.7 Å². The number of phenols is 1. The van der Waals surface area contributed by atoms with E-state index in [4.69, 9.17) is 4.98 Å². The molecular weight excluding hydrogens is 454 g/mol. The minimum absolute atomic E-state index is 0.00560. The number of carbonyl (C=O) groups excluding carboxylic acids is 2. The molecule has 1 aliphatic carbocycles. The van der Waals surface area contributed by atoms with Crippen molar-refractivity contribution in [3.8, 4) is 5.75 Å². The number of phenolic OH excluding ortho intramolecular Hbond substituents is 1. The Bertz CT molecular complexity index is 1420. The standard InChI is InChI=1S/C28H29N5O3/c1-16(34)32-12-11-17-13-19(8-7-18(17)15-32)30-27-29-14-22-25(31-27)33(26(36)28(22,2)3)23-10-9-21-20(23)5-4-6-24(21)35/h4-8,13-14,23,35H,9-12,15H2,1-3H3,(H,29,30,31)/t23-/m1/s1. The minimum atomic E-state index is -0.734. The first-order valence-electron chi connectivity index (χ1n) is 12.4. The lowest BCUT2D eigenvalue weighted by atomic mass is 9.88. The number of nitrogens with one attached hydrogen (secondary N) is 1. The zero-order valence-corrected chi connectivity index (χ0v) is 20.7. The first-order chi connectivity index (χ1) is 17.2. The van der Waals surface area contributed by atoms with Gasteiger partial charge in [0.1, 0.15) is 11.6 Å². The molecule has 0 fully saturated rings. The van der Waals surface area contributed by atoms with Crippen LogP contribution in [-0.4, -0.2) is 38.3 Å². The Hall–Kier alpha value is -3.94. The summed E-state index contributed by atoms with van der Waals surface area (Å²) in [6.45, 7) is 6.78. The first kappa shape index (κ1) is 22.5. The SMILES string of the molecule is CC(=O)N1CCc2cc(Nc3ncc4c(n3)N([C@@H]3CCc5c(O)cccc53)C(=O)C4(C)C)ccc2C1. The van der Waals surface area contributed by atoms with Crippen LogP contribution in [0.5, 0.6) is 5.75 Å². The molecule has 1 aromatic heterocycles. The largest absolute Gasteiger partial charge is 0.508 e. The number of anilines is 3. The predicted molar refractivity (Wildman–Crippen MR) is 136 cm³/mol. The highest BCUT2D eigenvalue weighted by atomic mass is 16.3. The highest BCUT2D eigenvalue weighted by Gasteiger charge is 2.49. The van der Waals surface area contributed by atoms with E-state index in [0.717, 1.165) is 47.2 Å². The summed E-state index contributed by atoms with van der Waals surface area (Å²) >= 11 is 0. The second-order valence-electron chi connectivity index (χ2n) is 10.4. The van der Waals surface area contributed by atoms with E-state index in [1.165, 1.54) is 5.56 Å². The average Bonchev–Trinajstić information content (AvgIpc) is 3.36. The zero-order valence-electron chi connectivity index (χ0n) is 20.7. The van der Waals surface area contributed by atoms with Gasteiger partial charge in [-0.1, -0.05) is 18.2 Å². The number of carbonyl (C=O) groups is 2. The van der Waals surface area contributed by atoms with E-state index < -0.39 is 5.41 Å². The van der Waals surface area contributed by atoms with Crippen LogP contribution in [-0.2, 0) is 34.4 Å². The van der Waals surface area contributed by atoms with Gasteiger partial charge < -0.3 is 15.3 Å². The lowest BCUT2D eigenvalue weighted by Crippen LogP contribution is -2.38. The van der Waals surface area contributed by atoms with Gasteiger partial charge in [-0.3, -0.25) is 14.5 Å². The van der Waals surface area contributed by atoms with Crippen molar-refractivity contribution in [1.82, 2.24) is 14.9 Å². The maximum absolute atomic E-state index is 13.6. The molecule has 0 unspecified atom stereocenters. The van der Waals surface area contributed by atoms with Gasteiger partial charge in [0.15, 0.2) is 0 Å². The molecule has 2 amide bonds. The summed E-state index contributed by atoms with van der Waals surface area (Å²) in [4.78, 5) is 38.4. The predicted octanol–water partition coefficient (Wildman–Crippen LogP) is 4.14. The van der Waals surface area contributed by atoms with Crippen LogP contribution in [0.2, 0.25) is 0 Å². The highest BCUT2D eigenvalue weighted by molar-refractivity contribution is 6.07. The summed E-state index contributed by atoms with van der Waals surface area (Å²) in [5.41, 5.74) is 5.19. The summed E-state index contributed by atoms with van der Waals surface area (Å²) in [5.74, 6) is 1.42. The van der Waals surface area contributed by atoms with E-state index >= 15 is 0 Å². The number of aromatic hydroxyl groups is 1. The van der Waals surface area contributed by atoms with Crippen molar-refractivity contribution in [3.63, 3.8) is 0 Å². The van der Waals surface area contributed by atoms with Crippen molar-refractivity contribution >= 4 is 29.3 Å². The quantitative estimate of drug-likeness (QED) is 0.581. The molecule has 6 rings (SSSR count). The second-order valence-corrected chi connectivity index (χ2v) is 10.4. The van der Waals surface area contributed by atoms with Crippen LogP contribution in [0.25, 0.3) is 0 Å². The van der Waals surface area contributed by atoms with Gasteiger partial charge in [-0.05, 0) is 73.6 Å². The maximum atomic E-state index is 13.6. The second kappa shape index (κ2) is 8.05. The monoisotopic (exact) mass is 483 g/mol. The normalized spacial score (nSPS) is 19.6. The first-order valence-corrected chi connectivity index (χ1v) is 12.4. The molecule has 2 N–H and O–H groups in total. The third kappa shape index (κ3) is 3.43. The van der Waals surface area contributed by atoms with E-state index in [1.807, 2.05) is 43.0 Å². The molecule has 1 atom stereocenters. The Labute approximate surface area is 210 Å². The highest BCUT2D eigenvalue weighted by Crippen LogP contribution is 2.49. The number of amides is 2. The Morgan fingerprint density at radius 3 is 2.81 bits per heavy atom. The fourth-order valence-electron chi connectivity index (χ4n) is 5.77. The van der Waals surface area contributed by atoms with E-state index in [-0.39, 0.29) is 23.6 Å². The Morgan fingerprint density at radius 1 is 1.17 bits per heavy atom. The summed E-state index contributed by atoms with van der Waals surface area (Å²) in [7, 11) is 0. The molecule has 0 bridgehead atoms. The molecule has 8 heteroatoms. The van der Waals surface area contributed by atoms with Gasteiger partial charge in [-0.25, -0.2) is 4.98 Å². The van der Waals surface area contributed by atoms with Crippen molar-refractivity contribution in [3.05, 3.63) is 70.4 Å². The topological polar surface area (TPSA) is 98.7 Å². The molecule has 36 heavy (non-hydrogen) atoms. The van der Waals surface area contributed by atoms with Crippen molar-refractivity contribution in [1.29, 1.82) is 0 Å².